The lowest BCUT2D eigenvalue weighted by Gasteiger charge is -2.37. The number of amides is 2. The molecule has 1 aliphatic rings. The minimum absolute atomic E-state index is 0.0667. The molecule has 4 N–H and O–H groups in total. The van der Waals surface area contributed by atoms with E-state index in [-0.39, 0.29) is 17.7 Å². The molecule has 2 unspecified atom stereocenters. The van der Waals surface area contributed by atoms with Crippen LogP contribution in [0.15, 0.2) is 47.3 Å². The number of rotatable bonds is 4. The Kier molecular flexibility index (Phi) is 4.90. The third kappa shape index (κ3) is 4.09. The number of hydrogen-bond donors (Lipinski definition) is 3. The van der Waals surface area contributed by atoms with Crippen LogP contribution in [-0.2, 0) is 4.79 Å². The van der Waals surface area contributed by atoms with Gasteiger partial charge in [0.2, 0.25) is 5.91 Å². The van der Waals surface area contributed by atoms with Gasteiger partial charge < -0.3 is 20.8 Å². The summed E-state index contributed by atoms with van der Waals surface area (Å²) in [5, 5.41) is 5.71. The van der Waals surface area contributed by atoms with Crippen molar-refractivity contribution in [2.75, 3.05) is 10.6 Å². The average molecular weight is 341 g/mol. The highest BCUT2D eigenvalue weighted by molar-refractivity contribution is 6.04. The van der Waals surface area contributed by atoms with Crippen molar-refractivity contribution in [3.8, 4) is 0 Å². The highest BCUT2D eigenvalue weighted by atomic mass is 16.3. The van der Waals surface area contributed by atoms with E-state index in [2.05, 4.69) is 10.6 Å². The van der Waals surface area contributed by atoms with Crippen LogP contribution < -0.4 is 16.4 Å². The van der Waals surface area contributed by atoms with Crippen LogP contribution in [0.25, 0.3) is 0 Å². The molecular weight excluding hydrogens is 318 g/mol. The molecule has 132 valence electrons. The molecule has 0 bridgehead atoms. The van der Waals surface area contributed by atoms with Gasteiger partial charge in [0, 0.05) is 16.9 Å². The highest BCUT2D eigenvalue weighted by Crippen LogP contribution is 2.32. The number of nitrogens with one attached hydrogen (secondary N) is 2. The van der Waals surface area contributed by atoms with Gasteiger partial charge in [-0.25, -0.2) is 0 Å². The van der Waals surface area contributed by atoms with Crippen LogP contribution in [0.3, 0.4) is 0 Å². The van der Waals surface area contributed by atoms with E-state index in [1.54, 1.807) is 30.3 Å². The normalized spacial score (nSPS) is 23.0. The molecule has 1 aromatic heterocycles. The lowest BCUT2D eigenvalue weighted by atomic mass is 9.74. The van der Waals surface area contributed by atoms with E-state index in [1.807, 2.05) is 6.92 Å². The van der Waals surface area contributed by atoms with Crippen LogP contribution in [0.5, 0.6) is 0 Å². The number of nitrogens with two attached hydrogens (primary N) is 1. The Hall–Kier alpha value is -2.60. The summed E-state index contributed by atoms with van der Waals surface area (Å²) >= 11 is 0. The van der Waals surface area contributed by atoms with Gasteiger partial charge in [0.25, 0.3) is 5.91 Å². The molecule has 2 aromatic rings. The summed E-state index contributed by atoms with van der Waals surface area (Å²) in [4.78, 5) is 24.7. The first kappa shape index (κ1) is 17.2. The lowest BCUT2D eigenvalue weighted by molar-refractivity contribution is -0.122. The zero-order valence-corrected chi connectivity index (χ0v) is 14.2. The smallest absolute Gasteiger partial charge is 0.258 e. The fourth-order valence-electron chi connectivity index (χ4n) is 3.29. The molecule has 1 aliphatic carbocycles. The van der Waals surface area contributed by atoms with Crippen LogP contribution in [0.2, 0.25) is 0 Å². The fourth-order valence-corrected chi connectivity index (χ4v) is 3.29. The van der Waals surface area contributed by atoms with Crippen LogP contribution >= 0.6 is 0 Å². The van der Waals surface area contributed by atoms with Crippen molar-refractivity contribution in [1.82, 2.24) is 0 Å². The first-order valence-electron chi connectivity index (χ1n) is 8.49. The molecule has 0 spiro atoms. The van der Waals surface area contributed by atoms with Gasteiger partial charge in [0.15, 0.2) is 0 Å². The van der Waals surface area contributed by atoms with Gasteiger partial charge in [0.05, 0.1) is 17.7 Å². The van der Waals surface area contributed by atoms with E-state index in [1.165, 1.54) is 12.5 Å². The van der Waals surface area contributed by atoms with Crippen molar-refractivity contribution in [2.24, 2.45) is 11.7 Å². The largest absolute Gasteiger partial charge is 0.472 e. The van der Waals surface area contributed by atoms with Crippen molar-refractivity contribution < 1.29 is 14.0 Å². The number of carbonyl (C=O) groups is 2. The zero-order chi connectivity index (χ0) is 17.9. The Morgan fingerprint density at radius 3 is 2.64 bits per heavy atom. The van der Waals surface area contributed by atoms with Gasteiger partial charge in [0.1, 0.15) is 6.26 Å². The summed E-state index contributed by atoms with van der Waals surface area (Å²) in [6.07, 6.45) is 6.56. The maximum absolute atomic E-state index is 12.6. The van der Waals surface area contributed by atoms with Gasteiger partial charge in [-0.3, -0.25) is 9.59 Å². The Balaban J connectivity index is 1.67. The zero-order valence-electron chi connectivity index (χ0n) is 14.2. The van der Waals surface area contributed by atoms with Crippen molar-refractivity contribution in [3.05, 3.63) is 48.4 Å². The van der Waals surface area contributed by atoms with Crippen LogP contribution in [-0.4, -0.2) is 17.4 Å². The van der Waals surface area contributed by atoms with E-state index < -0.39 is 5.54 Å². The summed E-state index contributed by atoms with van der Waals surface area (Å²) in [5.74, 6) is -0.535. The topological polar surface area (TPSA) is 97.4 Å². The van der Waals surface area contributed by atoms with Crippen molar-refractivity contribution in [2.45, 2.75) is 38.1 Å². The Labute approximate surface area is 146 Å². The number of benzene rings is 1. The second kappa shape index (κ2) is 7.11. The van der Waals surface area contributed by atoms with Gasteiger partial charge in [-0.2, -0.15) is 0 Å². The van der Waals surface area contributed by atoms with Gasteiger partial charge >= 0.3 is 0 Å². The molecule has 3 rings (SSSR count). The maximum atomic E-state index is 12.6. The summed E-state index contributed by atoms with van der Waals surface area (Å²) in [6, 6.07) is 8.66. The number of carbonyl (C=O) groups excluding carboxylic acids is 2. The molecule has 1 fully saturated rings. The average Bonchev–Trinajstić information content (AvgIpc) is 3.09. The van der Waals surface area contributed by atoms with Gasteiger partial charge in [-0.05, 0) is 44.0 Å². The third-order valence-corrected chi connectivity index (χ3v) is 4.74. The summed E-state index contributed by atoms with van der Waals surface area (Å²) in [5.41, 5.74) is 7.50. The predicted octanol–water partition coefficient (Wildman–Crippen LogP) is 3.38. The van der Waals surface area contributed by atoms with Crippen LogP contribution in [0, 0.1) is 5.92 Å². The molecule has 6 nitrogen and oxygen atoms in total. The number of hydrogen-bond acceptors (Lipinski definition) is 4. The molecule has 1 saturated carbocycles. The Morgan fingerprint density at radius 1 is 1.20 bits per heavy atom. The van der Waals surface area contributed by atoms with Crippen molar-refractivity contribution in [3.63, 3.8) is 0 Å². The van der Waals surface area contributed by atoms with Gasteiger partial charge in [-0.15, -0.1) is 0 Å². The lowest BCUT2D eigenvalue weighted by Crippen LogP contribution is -2.51. The monoisotopic (exact) mass is 341 g/mol. The predicted molar refractivity (Wildman–Crippen MR) is 96.3 cm³/mol. The fraction of sp³-hybridized carbons (Fsp3) is 0.368. The molecule has 0 radical (unpaired) electrons. The molecule has 0 saturated heterocycles. The van der Waals surface area contributed by atoms with E-state index >= 15 is 0 Å². The van der Waals surface area contributed by atoms with E-state index in [9.17, 15) is 9.59 Å². The first-order chi connectivity index (χ1) is 12.0. The summed E-state index contributed by atoms with van der Waals surface area (Å²) in [6.45, 7) is 1.94. The summed E-state index contributed by atoms with van der Waals surface area (Å²) < 4.78 is 4.91. The quantitative estimate of drug-likeness (QED) is 0.794. The standard InChI is InChI=1S/C19H23N3O3/c1-19(20)9-3-2-7-16(19)18(24)22-15-6-4-5-14(11-15)21-17(23)13-8-10-25-12-13/h4-6,8,10-12,16H,2-3,7,9,20H2,1H3,(H,21,23)(H,22,24). The first-order valence-corrected chi connectivity index (χ1v) is 8.49. The molecule has 6 heteroatoms. The van der Waals surface area contributed by atoms with Gasteiger partial charge in [-0.1, -0.05) is 18.9 Å². The van der Waals surface area contributed by atoms with Crippen LogP contribution in [0.4, 0.5) is 11.4 Å². The van der Waals surface area contributed by atoms with Crippen LogP contribution in [0.1, 0.15) is 43.0 Å². The number of anilines is 2. The molecule has 1 aromatic carbocycles. The molecule has 2 amide bonds. The highest BCUT2D eigenvalue weighted by Gasteiger charge is 2.37. The minimum Gasteiger partial charge on any atom is -0.472 e. The van der Waals surface area contributed by atoms with E-state index in [4.69, 9.17) is 10.2 Å². The maximum Gasteiger partial charge on any atom is 0.258 e. The van der Waals surface area contributed by atoms with E-state index in [0.717, 1.165) is 25.7 Å². The van der Waals surface area contributed by atoms with E-state index in [0.29, 0.717) is 16.9 Å². The second-order valence-corrected chi connectivity index (χ2v) is 6.84. The molecule has 1 heterocycles. The van der Waals surface area contributed by atoms with Crippen molar-refractivity contribution >= 4 is 23.2 Å². The SMILES string of the molecule is CC1(N)CCCCC1C(=O)Nc1cccc(NC(=O)c2ccoc2)c1. The Bertz CT molecular complexity index is 753. The minimum atomic E-state index is -0.477. The number of furan rings is 1. The molecular formula is C19H23N3O3. The molecule has 0 aliphatic heterocycles. The second-order valence-electron chi connectivity index (χ2n) is 6.84. The van der Waals surface area contributed by atoms with Crippen molar-refractivity contribution in [1.29, 1.82) is 0 Å². The third-order valence-electron chi connectivity index (χ3n) is 4.74. The Morgan fingerprint density at radius 2 is 1.96 bits per heavy atom. The molecule has 25 heavy (non-hydrogen) atoms. The molecule has 2 atom stereocenters. The summed E-state index contributed by atoms with van der Waals surface area (Å²) in [7, 11) is 0.